The van der Waals surface area contributed by atoms with Crippen molar-refractivity contribution in [1.82, 2.24) is 5.32 Å². The van der Waals surface area contributed by atoms with Gasteiger partial charge in [-0.15, -0.1) is 0 Å². The number of halogens is 1. The van der Waals surface area contributed by atoms with E-state index in [1.54, 1.807) is 0 Å². The number of amides is 2. The molecule has 0 atom stereocenters. The van der Waals surface area contributed by atoms with Gasteiger partial charge in [-0.3, -0.25) is 19.1 Å². The summed E-state index contributed by atoms with van der Waals surface area (Å²) >= 11 is 0. The molecule has 3 rings (SSSR count). The molecule has 2 aromatic rings. The third kappa shape index (κ3) is 4.92. The highest BCUT2D eigenvalue weighted by Crippen LogP contribution is 2.29. The van der Waals surface area contributed by atoms with Crippen molar-refractivity contribution in [3.8, 4) is 0 Å². The fourth-order valence-corrected chi connectivity index (χ4v) is 4.04. The average molecular weight is 435 g/mol. The van der Waals surface area contributed by atoms with Gasteiger partial charge in [0.2, 0.25) is 5.91 Å². The van der Waals surface area contributed by atoms with E-state index >= 15 is 0 Å². The molecule has 158 valence electrons. The molecule has 0 unspecified atom stereocenters. The smallest absolute Gasteiger partial charge is 0.305 e. The number of carboxylic acids is 1. The second kappa shape index (κ2) is 8.49. The van der Waals surface area contributed by atoms with Gasteiger partial charge in [0.1, 0.15) is 10.7 Å². The lowest BCUT2D eigenvalue weighted by atomic mass is 10.0. The van der Waals surface area contributed by atoms with Crippen LogP contribution in [-0.2, 0) is 26.0 Å². The Hall–Kier alpha value is -3.47. The van der Waals surface area contributed by atoms with Gasteiger partial charge in [0.15, 0.2) is 0 Å². The summed E-state index contributed by atoms with van der Waals surface area (Å²) in [5, 5.41) is 13.5. The second-order valence-corrected chi connectivity index (χ2v) is 8.22. The van der Waals surface area contributed by atoms with Gasteiger partial charge in [-0.25, -0.2) is 12.8 Å². The van der Waals surface area contributed by atoms with Crippen LogP contribution in [-0.4, -0.2) is 37.9 Å². The third-order valence-corrected chi connectivity index (χ3v) is 5.76. The molecule has 0 bridgehead atoms. The molecule has 2 aromatic carbocycles. The number of anilines is 2. The molecule has 2 amide bonds. The third-order valence-electron chi connectivity index (χ3n) is 4.37. The van der Waals surface area contributed by atoms with E-state index in [-0.39, 0.29) is 42.2 Å². The van der Waals surface area contributed by atoms with Crippen LogP contribution in [0.5, 0.6) is 0 Å². The molecule has 0 spiro atoms. The summed E-state index contributed by atoms with van der Waals surface area (Å²) in [4.78, 5) is 33.3. The summed E-state index contributed by atoms with van der Waals surface area (Å²) in [6, 6.07) is 7.54. The highest BCUT2D eigenvalue weighted by atomic mass is 32.2. The number of carboxylic acid groups (broad SMARTS) is 1. The first-order valence-electron chi connectivity index (χ1n) is 8.91. The molecule has 4 N–H and O–H groups in total. The summed E-state index contributed by atoms with van der Waals surface area (Å²) in [5.41, 5.74) is 1.09. The van der Waals surface area contributed by atoms with Gasteiger partial charge in [0, 0.05) is 29.9 Å². The van der Waals surface area contributed by atoms with Crippen LogP contribution in [0.15, 0.2) is 41.3 Å². The van der Waals surface area contributed by atoms with Gasteiger partial charge >= 0.3 is 5.97 Å². The number of benzene rings is 2. The molecule has 11 heteroatoms. The van der Waals surface area contributed by atoms with Gasteiger partial charge in [0.05, 0.1) is 6.42 Å². The maximum absolute atomic E-state index is 14.4. The Morgan fingerprint density at radius 3 is 2.50 bits per heavy atom. The predicted molar refractivity (Wildman–Crippen MR) is 105 cm³/mol. The lowest BCUT2D eigenvalue weighted by molar-refractivity contribution is -0.136. The number of fused-ring (bicyclic) bond motifs is 1. The molecule has 0 saturated heterocycles. The predicted octanol–water partition coefficient (Wildman–Crippen LogP) is 1.72. The Bertz CT molecular complexity index is 1120. The SMILES string of the molecule is O=C(O)CCNC(=O)c1ccc(NS(=O)(=O)c2cc3c(cc2F)NC(=O)CC3)cc1. The van der Waals surface area contributed by atoms with E-state index in [4.69, 9.17) is 5.11 Å². The first kappa shape index (κ1) is 21.2. The van der Waals surface area contributed by atoms with Crippen molar-refractivity contribution in [1.29, 1.82) is 0 Å². The molecule has 1 heterocycles. The van der Waals surface area contributed by atoms with Gasteiger partial charge in [-0.2, -0.15) is 0 Å². The van der Waals surface area contributed by atoms with E-state index in [2.05, 4.69) is 15.4 Å². The number of aryl methyl sites for hydroxylation is 1. The molecule has 0 fully saturated rings. The van der Waals surface area contributed by atoms with Crippen LogP contribution in [0.25, 0.3) is 0 Å². The summed E-state index contributed by atoms with van der Waals surface area (Å²) in [6.07, 6.45) is 0.261. The number of aliphatic carboxylic acids is 1. The van der Waals surface area contributed by atoms with Crippen LogP contribution in [0.4, 0.5) is 15.8 Å². The zero-order valence-electron chi connectivity index (χ0n) is 15.6. The van der Waals surface area contributed by atoms with Crippen LogP contribution in [0.3, 0.4) is 0 Å². The van der Waals surface area contributed by atoms with Crippen molar-refractivity contribution in [3.63, 3.8) is 0 Å². The zero-order valence-corrected chi connectivity index (χ0v) is 16.4. The monoisotopic (exact) mass is 435 g/mol. The van der Waals surface area contributed by atoms with Gasteiger partial charge in [0.25, 0.3) is 15.9 Å². The molecule has 0 aliphatic carbocycles. The maximum atomic E-state index is 14.4. The number of hydrogen-bond acceptors (Lipinski definition) is 5. The molecule has 9 nitrogen and oxygen atoms in total. The Morgan fingerprint density at radius 2 is 1.83 bits per heavy atom. The van der Waals surface area contributed by atoms with Crippen LogP contribution >= 0.6 is 0 Å². The summed E-state index contributed by atoms with van der Waals surface area (Å²) < 4.78 is 41.9. The van der Waals surface area contributed by atoms with Gasteiger partial charge < -0.3 is 15.7 Å². The number of rotatable bonds is 7. The molecule has 1 aliphatic heterocycles. The lowest BCUT2D eigenvalue weighted by Gasteiger charge is -2.18. The van der Waals surface area contributed by atoms with Crippen LogP contribution in [0.2, 0.25) is 0 Å². The van der Waals surface area contributed by atoms with Crippen molar-refractivity contribution >= 4 is 39.2 Å². The molecular formula is C19H18FN3O6S. The highest BCUT2D eigenvalue weighted by Gasteiger charge is 2.24. The van der Waals surface area contributed by atoms with Crippen LogP contribution in [0.1, 0.15) is 28.8 Å². The molecule has 30 heavy (non-hydrogen) atoms. The molecular weight excluding hydrogens is 417 g/mol. The standard InChI is InChI=1S/C19H18FN3O6S/c20-14-10-15-12(3-6-17(24)22-15)9-16(14)30(28,29)23-13-4-1-11(2-5-13)19(27)21-8-7-18(25)26/h1-2,4-5,9-10,23H,3,6-8H2,(H,21,27)(H,22,24)(H,25,26). The van der Waals surface area contributed by atoms with Crippen LogP contribution < -0.4 is 15.4 Å². The maximum Gasteiger partial charge on any atom is 0.305 e. The number of nitrogens with one attached hydrogen (secondary N) is 3. The summed E-state index contributed by atoms with van der Waals surface area (Å²) in [7, 11) is -4.25. The number of hydrogen-bond donors (Lipinski definition) is 4. The van der Waals surface area contributed by atoms with Gasteiger partial charge in [-0.05, 0) is 48.4 Å². The summed E-state index contributed by atoms with van der Waals surface area (Å²) in [6.45, 7) is -0.0411. The topological polar surface area (TPSA) is 142 Å². The minimum atomic E-state index is -4.25. The van der Waals surface area contributed by atoms with Crippen molar-refractivity contribution in [3.05, 3.63) is 53.3 Å². The highest BCUT2D eigenvalue weighted by molar-refractivity contribution is 7.92. The Labute approximate surface area is 171 Å². The Balaban J connectivity index is 1.73. The fraction of sp³-hybridized carbons (Fsp3) is 0.211. The normalized spacial score (nSPS) is 13.2. The van der Waals surface area contributed by atoms with E-state index < -0.39 is 32.6 Å². The van der Waals surface area contributed by atoms with Crippen molar-refractivity contribution in [2.45, 2.75) is 24.2 Å². The first-order valence-corrected chi connectivity index (χ1v) is 10.4. The summed E-state index contributed by atoms with van der Waals surface area (Å²) in [5.74, 6) is -2.81. The van der Waals surface area contributed by atoms with E-state index in [0.717, 1.165) is 6.07 Å². The molecule has 1 aliphatic rings. The Morgan fingerprint density at radius 1 is 1.13 bits per heavy atom. The number of carbonyl (C=O) groups excluding carboxylic acids is 2. The van der Waals surface area contributed by atoms with E-state index in [1.807, 2.05) is 0 Å². The molecule has 0 saturated carbocycles. The van der Waals surface area contributed by atoms with E-state index in [9.17, 15) is 27.2 Å². The first-order chi connectivity index (χ1) is 14.2. The van der Waals surface area contributed by atoms with E-state index in [0.29, 0.717) is 12.0 Å². The minimum absolute atomic E-state index is 0.0411. The average Bonchev–Trinajstić information content (AvgIpc) is 2.67. The van der Waals surface area contributed by atoms with Crippen molar-refractivity contribution < 1.29 is 32.3 Å². The zero-order chi connectivity index (χ0) is 21.9. The number of sulfonamides is 1. The van der Waals surface area contributed by atoms with Crippen molar-refractivity contribution in [2.75, 3.05) is 16.6 Å². The lowest BCUT2D eigenvalue weighted by Crippen LogP contribution is -2.26. The number of carbonyl (C=O) groups is 3. The van der Waals surface area contributed by atoms with Crippen molar-refractivity contribution in [2.24, 2.45) is 0 Å². The molecule has 0 radical (unpaired) electrons. The minimum Gasteiger partial charge on any atom is -0.481 e. The van der Waals surface area contributed by atoms with E-state index in [1.165, 1.54) is 30.3 Å². The molecule has 0 aromatic heterocycles. The van der Waals surface area contributed by atoms with Gasteiger partial charge in [-0.1, -0.05) is 0 Å². The van der Waals surface area contributed by atoms with Crippen LogP contribution in [0, 0.1) is 5.82 Å². The Kier molecular flexibility index (Phi) is 6.01. The largest absolute Gasteiger partial charge is 0.481 e. The fourth-order valence-electron chi connectivity index (χ4n) is 2.87. The second-order valence-electron chi connectivity index (χ2n) is 6.57. The quantitative estimate of drug-likeness (QED) is 0.522.